The van der Waals surface area contributed by atoms with E-state index in [-0.39, 0.29) is 17.6 Å². The van der Waals surface area contributed by atoms with Gasteiger partial charge in [-0.3, -0.25) is 0 Å². The highest BCUT2D eigenvalue weighted by molar-refractivity contribution is 5.13. The molecule has 0 aromatic heterocycles. The van der Waals surface area contributed by atoms with Crippen molar-refractivity contribution in [3.8, 4) is 0 Å². The van der Waals surface area contributed by atoms with E-state index in [2.05, 4.69) is 0 Å². The van der Waals surface area contributed by atoms with Crippen molar-refractivity contribution in [1.29, 1.82) is 0 Å². The van der Waals surface area contributed by atoms with E-state index in [1.807, 2.05) is 65.0 Å². The molecular weight excluding hydrogens is 308 g/mol. The lowest BCUT2D eigenvalue weighted by Crippen LogP contribution is -2.47. The van der Waals surface area contributed by atoms with Crippen LogP contribution in [0.1, 0.15) is 40.2 Å². The molecule has 24 heavy (non-hydrogen) atoms. The van der Waals surface area contributed by atoms with Gasteiger partial charge in [-0.2, -0.15) is 0 Å². The maximum atomic E-state index is 10.7. The van der Waals surface area contributed by atoms with Crippen molar-refractivity contribution in [2.24, 2.45) is 5.41 Å². The number of aliphatic hydroxyl groups excluding tert-OH is 1. The number of aliphatic hydroxyl groups is 1. The monoisotopic (exact) mass is 336 g/mol. The van der Waals surface area contributed by atoms with Crippen LogP contribution in [0.2, 0.25) is 0 Å². The number of ether oxygens (including phenoxy) is 4. The van der Waals surface area contributed by atoms with Gasteiger partial charge in [0.1, 0.15) is 18.3 Å². The van der Waals surface area contributed by atoms with Gasteiger partial charge in [0.25, 0.3) is 0 Å². The summed E-state index contributed by atoms with van der Waals surface area (Å²) in [6.45, 7) is 10.1. The summed E-state index contributed by atoms with van der Waals surface area (Å²) in [6, 6.07) is 9.95. The summed E-state index contributed by atoms with van der Waals surface area (Å²) >= 11 is 0. The molecule has 2 fully saturated rings. The van der Waals surface area contributed by atoms with Crippen molar-refractivity contribution < 1.29 is 24.1 Å². The fourth-order valence-electron chi connectivity index (χ4n) is 3.21. The van der Waals surface area contributed by atoms with Crippen LogP contribution in [0.3, 0.4) is 0 Å². The molecule has 2 heterocycles. The Kier molecular flexibility index (Phi) is 4.75. The van der Waals surface area contributed by atoms with Crippen LogP contribution in [0.4, 0.5) is 0 Å². The molecule has 1 aromatic carbocycles. The van der Waals surface area contributed by atoms with Gasteiger partial charge in [0.05, 0.1) is 12.7 Å². The summed E-state index contributed by atoms with van der Waals surface area (Å²) in [6.07, 6.45) is -2.40. The largest absolute Gasteiger partial charge is 0.390 e. The van der Waals surface area contributed by atoms with E-state index >= 15 is 0 Å². The Morgan fingerprint density at radius 3 is 2.46 bits per heavy atom. The van der Waals surface area contributed by atoms with Gasteiger partial charge in [-0.15, -0.1) is 0 Å². The van der Waals surface area contributed by atoms with E-state index in [1.54, 1.807) is 0 Å². The minimum absolute atomic E-state index is 0.326. The Labute approximate surface area is 143 Å². The summed E-state index contributed by atoms with van der Waals surface area (Å²) < 4.78 is 23.9. The summed E-state index contributed by atoms with van der Waals surface area (Å²) in [5.74, 6) is -0.707. The molecule has 0 amide bonds. The van der Waals surface area contributed by atoms with Crippen molar-refractivity contribution in [3.05, 3.63) is 35.9 Å². The Morgan fingerprint density at radius 2 is 1.83 bits per heavy atom. The highest BCUT2D eigenvalue weighted by Gasteiger charge is 2.58. The SMILES string of the molecule is CC1(C)O[C@H]2O[C@H]([C@@H](O)C(C)(C)C)[C@H](OCc3ccccc3)[C@@H]2O1. The van der Waals surface area contributed by atoms with Crippen molar-refractivity contribution >= 4 is 0 Å². The summed E-state index contributed by atoms with van der Waals surface area (Å²) in [5.41, 5.74) is 0.746. The number of hydrogen-bond donors (Lipinski definition) is 1. The highest BCUT2D eigenvalue weighted by atomic mass is 16.8. The lowest BCUT2D eigenvalue weighted by atomic mass is 9.84. The minimum atomic E-state index is -0.707. The fourth-order valence-corrected chi connectivity index (χ4v) is 3.21. The molecule has 5 nitrogen and oxygen atoms in total. The van der Waals surface area contributed by atoms with Crippen LogP contribution in [0.25, 0.3) is 0 Å². The standard InChI is InChI=1S/C19H28O5/c1-18(2,3)16(20)14-13(21-11-12-9-7-6-8-10-12)15-17(22-14)24-19(4,5)23-15/h6-10,13-17,20H,11H2,1-5H3/t13-,14-,15-,16+,17+/m0/s1. The van der Waals surface area contributed by atoms with E-state index in [1.165, 1.54) is 0 Å². The third-order valence-corrected chi connectivity index (χ3v) is 4.51. The Hall–Kier alpha value is -0.980. The Morgan fingerprint density at radius 1 is 1.17 bits per heavy atom. The number of rotatable bonds is 4. The predicted molar refractivity (Wildman–Crippen MR) is 89.2 cm³/mol. The van der Waals surface area contributed by atoms with E-state index < -0.39 is 24.3 Å². The molecule has 3 rings (SSSR count). The molecule has 0 radical (unpaired) electrons. The van der Waals surface area contributed by atoms with E-state index in [9.17, 15) is 5.11 Å². The quantitative estimate of drug-likeness (QED) is 0.916. The first-order valence-electron chi connectivity index (χ1n) is 8.52. The summed E-state index contributed by atoms with van der Waals surface area (Å²) in [4.78, 5) is 0. The average Bonchev–Trinajstić information content (AvgIpc) is 2.96. The van der Waals surface area contributed by atoms with Crippen LogP contribution < -0.4 is 0 Å². The molecule has 1 aromatic rings. The molecule has 0 bridgehead atoms. The highest BCUT2D eigenvalue weighted by Crippen LogP contribution is 2.42. The van der Waals surface area contributed by atoms with Crippen LogP contribution in [0.15, 0.2) is 30.3 Å². The van der Waals surface area contributed by atoms with Crippen molar-refractivity contribution in [2.45, 2.75) is 77.7 Å². The van der Waals surface area contributed by atoms with Crippen LogP contribution >= 0.6 is 0 Å². The van der Waals surface area contributed by atoms with Gasteiger partial charge in [-0.05, 0) is 24.8 Å². The lowest BCUT2D eigenvalue weighted by Gasteiger charge is -2.34. The summed E-state index contributed by atoms with van der Waals surface area (Å²) in [5, 5.41) is 10.7. The van der Waals surface area contributed by atoms with Crippen molar-refractivity contribution in [1.82, 2.24) is 0 Å². The second kappa shape index (κ2) is 6.39. The molecule has 2 aliphatic rings. The Bertz CT molecular complexity index is 551. The van der Waals surface area contributed by atoms with Gasteiger partial charge in [-0.25, -0.2) is 0 Å². The molecule has 1 N–H and O–H groups in total. The van der Waals surface area contributed by atoms with Gasteiger partial charge in [0.15, 0.2) is 12.1 Å². The van der Waals surface area contributed by atoms with Gasteiger partial charge in [-0.1, -0.05) is 51.1 Å². The number of fused-ring (bicyclic) bond motifs is 1. The van der Waals surface area contributed by atoms with Crippen LogP contribution in [0, 0.1) is 5.41 Å². The second-order valence-corrected chi connectivity index (χ2v) is 8.14. The molecule has 2 aliphatic heterocycles. The molecule has 5 atom stereocenters. The molecule has 2 saturated heterocycles. The van der Waals surface area contributed by atoms with E-state index in [0.29, 0.717) is 6.61 Å². The predicted octanol–water partition coefficient (Wildman–Crippen LogP) is 2.86. The number of hydrogen-bond acceptors (Lipinski definition) is 5. The fraction of sp³-hybridized carbons (Fsp3) is 0.684. The molecule has 0 saturated carbocycles. The molecule has 134 valence electrons. The molecule has 0 unspecified atom stereocenters. The molecule has 0 spiro atoms. The van der Waals surface area contributed by atoms with Gasteiger partial charge in [0.2, 0.25) is 0 Å². The maximum Gasteiger partial charge on any atom is 0.190 e. The van der Waals surface area contributed by atoms with E-state index in [4.69, 9.17) is 18.9 Å². The average molecular weight is 336 g/mol. The smallest absolute Gasteiger partial charge is 0.190 e. The summed E-state index contributed by atoms with van der Waals surface area (Å²) in [7, 11) is 0. The molecule has 0 aliphatic carbocycles. The third-order valence-electron chi connectivity index (χ3n) is 4.51. The van der Waals surface area contributed by atoms with Crippen molar-refractivity contribution in [2.75, 3.05) is 0 Å². The first kappa shape index (κ1) is 17.8. The topological polar surface area (TPSA) is 57.2 Å². The lowest BCUT2D eigenvalue weighted by molar-refractivity contribution is -0.236. The van der Waals surface area contributed by atoms with Gasteiger partial charge >= 0.3 is 0 Å². The number of benzene rings is 1. The minimum Gasteiger partial charge on any atom is -0.390 e. The molecule has 5 heteroatoms. The normalized spacial score (nSPS) is 33.4. The first-order chi connectivity index (χ1) is 11.2. The Balaban J connectivity index is 1.76. The zero-order valence-electron chi connectivity index (χ0n) is 15.1. The van der Waals surface area contributed by atoms with Crippen LogP contribution in [0.5, 0.6) is 0 Å². The zero-order valence-corrected chi connectivity index (χ0v) is 15.1. The first-order valence-corrected chi connectivity index (χ1v) is 8.52. The zero-order chi connectivity index (χ0) is 17.5. The molecular formula is C19H28O5. The van der Waals surface area contributed by atoms with Gasteiger partial charge < -0.3 is 24.1 Å². The van der Waals surface area contributed by atoms with Crippen LogP contribution in [-0.2, 0) is 25.6 Å². The third kappa shape index (κ3) is 3.65. The van der Waals surface area contributed by atoms with Gasteiger partial charge in [0, 0.05) is 0 Å². The van der Waals surface area contributed by atoms with Crippen LogP contribution in [-0.4, -0.2) is 41.6 Å². The van der Waals surface area contributed by atoms with Crippen molar-refractivity contribution in [3.63, 3.8) is 0 Å². The maximum absolute atomic E-state index is 10.7. The van der Waals surface area contributed by atoms with E-state index in [0.717, 1.165) is 5.56 Å². The second-order valence-electron chi connectivity index (χ2n) is 8.14.